The van der Waals surface area contributed by atoms with Crippen LogP contribution in [0.2, 0.25) is 0 Å². The van der Waals surface area contributed by atoms with Crippen LogP contribution in [0.4, 0.5) is 4.39 Å². The third kappa shape index (κ3) is 3.85. The Morgan fingerprint density at radius 1 is 1.38 bits per heavy atom. The Balaban J connectivity index is 2.27. The lowest BCUT2D eigenvalue weighted by molar-refractivity contribution is 0.281. The second kappa shape index (κ2) is 6.75. The normalized spacial score (nSPS) is 24.8. The summed E-state index contributed by atoms with van der Waals surface area (Å²) in [6.07, 6.45) is 4.53. The van der Waals surface area contributed by atoms with Gasteiger partial charge in [0.15, 0.2) is 0 Å². The van der Waals surface area contributed by atoms with Crippen molar-refractivity contribution >= 4 is 25.8 Å². The van der Waals surface area contributed by atoms with Gasteiger partial charge in [0.2, 0.25) is 0 Å². The molecule has 0 aliphatic heterocycles. The van der Waals surface area contributed by atoms with Crippen molar-refractivity contribution in [1.29, 1.82) is 0 Å². The van der Waals surface area contributed by atoms with Crippen LogP contribution in [0.5, 0.6) is 0 Å². The lowest BCUT2D eigenvalue weighted by Gasteiger charge is -2.34. The first-order valence-corrected chi connectivity index (χ1v) is 9.89. The maximum Gasteiger partial charge on any atom is 0.150 e. The molecule has 0 aromatic heterocycles. The fraction of sp³-hybridized carbons (Fsp3) is 0.600. The van der Waals surface area contributed by atoms with Gasteiger partial charge >= 0.3 is 0 Å². The maximum atomic E-state index is 13.7. The van der Waals surface area contributed by atoms with Crippen molar-refractivity contribution in [2.45, 2.75) is 37.0 Å². The molecule has 0 saturated heterocycles. The molecule has 1 fully saturated rings. The molecular formula is C15H21BrFNO2S. The molecule has 3 atom stereocenters. The molecule has 0 spiro atoms. The molecule has 0 amide bonds. The summed E-state index contributed by atoms with van der Waals surface area (Å²) in [4.78, 5) is 0. The van der Waals surface area contributed by atoms with Gasteiger partial charge in [0.1, 0.15) is 15.7 Å². The molecule has 1 aliphatic carbocycles. The Labute approximate surface area is 134 Å². The summed E-state index contributed by atoms with van der Waals surface area (Å²) in [6.45, 7) is 0. The first-order valence-electron chi connectivity index (χ1n) is 7.14. The first-order chi connectivity index (χ1) is 9.84. The van der Waals surface area contributed by atoms with Crippen molar-refractivity contribution in [3.8, 4) is 0 Å². The zero-order valence-electron chi connectivity index (χ0n) is 12.3. The standard InChI is InChI=1S/C15H21BrFNO2S/c1-18-15(12-7-4-8-13(17)14(12)16)10-5-3-6-11(9-10)21(2,19)20/h4,7-8,10-11,15,18H,3,5-6,9H2,1-2H3. The smallest absolute Gasteiger partial charge is 0.150 e. The molecule has 21 heavy (non-hydrogen) atoms. The van der Waals surface area contributed by atoms with Crippen LogP contribution in [0.15, 0.2) is 22.7 Å². The van der Waals surface area contributed by atoms with E-state index in [9.17, 15) is 12.8 Å². The van der Waals surface area contributed by atoms with E-state index in [2.05, 4.69) is 21.2 Å². The van der Waals surface area contributed by atoms with E-state index in [1.54, 1.807) is 6.07 Å². The van der Waals surface area contributed by atoms with Crippen LogP contribution >= 0.6 is 15.9 Å². The summed E-state index contributed by atoms with van der Waals surface area (Å²) < 4.78 is 37.8. The number of sulfone groups is 1. The quantitative estimate of drug-likeness (QED) is 0.873. The van der Waals surface area contributed by atoms with Crippen molar-refractivity contribution in [3.05, 3.63) is 34.1 Å². The van der Waals surface area contributed by atoms with Gasteiger partial charge in [-0.15, -0.1) is 0 Å². The molecule has 0 bridgehead atoms. The van der Waals surface area contributed by atoms with Gasteiger partial charge in [0.05, 0.1) is 9.72 Å². The third-order valence-corrected chi connectivity index (χ3v) is 6.85. The summed E-state index contributed by atoms with van der Waals surface area (Å²) in [5.74, 6) is -0.0928. The Hall–Kier alpha value is -0.460. The zero-order valence-corrected chi connectivity index (χ0v) is 14.7. The average Bonchev–Trinajstić information content (AvgIpc) is 2.44. The molecule has 0 radical (unpaired) electrons. The van der Waals surface area contributed by atoms with E-state index in [1.807, 2.05) is 13.1 Å². The minimum atomic E-state index is -3.01. The Bertz CT molecular complexity index is 606. The van der Waals surface area contributed by atoms with Crippen LogP contribution in [-0.2, 0) is 9.84 Å². The highest BCUT2D eigenvalue weighted by Crippen LogP contribution is 2.39. The van der Waals surface area contributed by atoms with Crippen LogP contribution in [0, 0.1) is 11.7 Å². The average molecular weight is 378 g/mol. The molecule has 2 rings (SSSR count). The van der Waals surface area contributed by atoms with Crippen molar-refractivity contribution in [2.24, 2.45) is 5.92 Å². The minimum Gasteiger partial charge on any atom is -0.313 e. The summed E-state index contributed by atoms with van der Waals surface area (Å²) in [6, 6.07) is 4.95. The lowest BCUT2D eigenvalue weighted by Crippen LogP contribution is -2.34. The molecule has 3 unspecified atom stereocenters. The van der Waals surface area contributed by atoms with E-state index in [1.165, 1.54) is 12.3 Å². The van der Waals surface area contributed by atoms with Crippen molar-refractivity contribution in [1.82, 2.24) is 5.32 Å². The van der Waals surface area contributed by atoms with Gasteiger partial charge in [0.25, 0.3) is 0 Å². The highest BCUT2D eigenvalue weighted by atomic mass is 79.9. The summed E-state index contributed by atoms with van der Waals surface area (Å²) >= 11 is 3.31. The molecule has 118 valence electrons. The number of hydrogen-bond acceptors (Lipinski definition) is 3. The second-order valence-electron chi connectivity index (χ2n) is 5.79. The van der Waals surface area contributed by atoms with Crippen LogP contribution in [0.25, 0.3) is 0 Å². The topological polar surface area (TPSA) is 46.2 Å². The van der Waals surface area contributed by atoms with Gasteiger partial charge in [0, 0.05) is 12.3 Å². The number of hydrogen-bond donors (Lipinski definition) is 1. The number of halogens is 2. The largest absolute Gasteiger partial charge is 0.313 e. The molecule has 1 aliphatic rings. The van der Waals surface area contributed by atoms with Crippen LogP contribution in [-0.4, -0.2) is 27.0 Å². The van der Waals surface area contributed by atoms with Gasteiger partial charge < -0.3 is 5.32 Å². The fourth-order valence-electron chi connectivity index (χ4n) is 3.28. The predicted molar refractivity (Wildman–Crippen MR) is 86.5 cm³/mol. The Morgan fingerprint density at radius 3 is 2.71 bits per heavy atom. The van der Waals surface area contributed by atoms with Crippen LogP contribution in [0.3, 0.4) is 0 Å². The number of rotatable bonds is 4. The van der Waals surface area contributed by atoms with E-state index in [4.69, 9.17) is 0 Å². The number of nitrogens with one attached hydrogen (secondary N) is 1. The van der Waals surface area contributed by atoms with Gasteiger partial charge in [-0.2, -0.15) is 0 Å². The Kier molecular flexibility index (Phi) is 5.43. The van der Waals surface area contributed by atoms with Gasteiger partial charge in [-0.05, 0) is 59.8 Å². The summed E-state index contributed by atoms with van der Waals surface area (Å²) in [5, 5.41) is 2.96. The highest BCUT2D eigenvalue weighted by molar-refractivity contribution is 9.10. The summed E-state index contributed by atoms with van der Waals surface area (Å²) in [5.41, 5.74) is 0.858. The van der Waals surface area contributed by atoms with Crippen LogP contribution in [0.1, 0.15) is 37.3 Å². The van der Waals surface area contributed by atoms with Crippen molar-refractivity contribution < 1.29 is 12.8 Å². The third-order valence-electron chi connectivity index (χ3n) is 4.37. The molecule has 6 heteroatoms. The molecule has 1 N–H and O–H groups in total. The fourth-order valence-corrected chi connectivity index (χ4v) is 4.98. The van der Waals surface area contributed by atoms with E-state index in [0.717, 1.165) is 24.8 Å². The molecule has 1 aromatic carbocycles. The first kappa shape index (κ1) is 16.9. The molecule has 3 nitrogen and oxygen atoms in total. The highest BCUT2D eigenvalue weighted by Gasteiger charge is 2.34. The van der Waals surface area contributed by atoms with E-state index >= 15 is 0 Å². The number of benzene rings is 1. The molecule has 1 aromatic rings. The maximum absolute atomic E-state index is 13.7. The van der Waals surface area contributed by atoms with Crippen molar-refractivity contribution in [3.63, 3.8) is 0 Å². The van der Waals surface area contributed by atoms with E-state index in [-0.39, 0.29) is 23.0 Å². The molecular weight excluding hydrogens is 357 g/mol. The van der Waals surface area contributed by atoms with Crippen molar-refractivity contribution in [2.75, 3.05) is 13.3 Å². The molecule has 0 heterocycles. The van der Waals surface area contributed by atoms with E-state index in [0.29, 0.717) is 10.9 Å². The van der Waals surface area contributed by atoms with Crippen LogP contribution < -0.4 is 5.32 Å². The second-order valence-corrected chi connectivity index (χ2v) is 8.91. The molecule has 1 saturated carbocycles. The minimum absolute atomic E-state index is 0.0420. The SMILES string of the molecule is CNC(c1cccc(F)c1Br)C1CCCC(S(C)(=O)=O)C1. The zero-order chi connectivity index (χ0) is 15.6. The van der Waals surface area contributed by atoms with Gasteiger partial charge in [-0.3, -0.25) is 0 Å². The lowest BCUT2D eigenvalue weighted by atomic mass is 9.81. The van der Waals surface area contributed by atoms with E-state index < -0.39 is 9.84 Å². The summed E-state index contributed by atoms with van der Waals surface area (Å²) in [7, 11) is -1.18. The van der Waals surface area contributed by atoms with Gasteiger partial charge in [-0.1, -0.05) is 18.6 Å². The van der Waals surface area contributed by atoms with Gasteiger partial charge in [-0.25, -0.2) is 12.8 Å². The predicted octanol–water partition coefficient (Wildman–Crippen LogP) is 3.45. The Morgan fingerprint density at radius 2 is 2.10 bits per heavy atom. The monoisotopic (exact) mass is 377 g/mol.